The van der Waals surface area contributed by atoms with Crippen molar-refractivity contribution in [1.29, 1.82) is 0 Å². The SMILES string of the molecule is O=C(NC(F)C(=O)NCC(F)(F)F)c1ccc(/C=C/C(c2cc(Cl)c(Cl)c(Cl)c2)C(F)(F)F)cc1Br. The van der Waals surface area contributed by atoms with Crippen LogP contribution in [0.3, 0.4) is 0 Å². The molecule has 2 aromatic rings. The molecule has 0 radical (unpaired) electrons. The Morgan fingerprint density at radius 2 is 1.58 bits per heavy atom. The van der Waals surface area contributed by atoms with Crippen molar-refractivity contribution in [2.24, 2.45) is 0 Å². The maximum absolute atomic E-state index is 13.8. The number of carbonyl (C=O) groups excluding carboxylic acids is 2. The second-order valence-electron chi connectivity index (χ2n) is 7.09. The van der Waals surface area contributed by atoms with Crippen molar-refractivity contribution in [3.05, 3.63) is 72.6 Å². The minimum atomic E-state index is -4.77. The summed E-state index contributed by atoms with van der Waals surface area (Å²) in [5.74, 6) is -4.99. The highest BCUT2D eigenvalue weighted by Crippen LogP contribution is 2.41. The van der Waals surface area contributed by atoms with Crippen LogP contribution in [0.4, 0.5) is 30.7 Å². The maximum Gasteiger partial charge on any atom is 0.405 e. The molecule has 2 N–H and O–H groups in total. The molecule has 2 rings (SSSR count). The topological polar surface area (TPSA) is 58.2 Å². The summed E-state index contributed by atoms with van der Waals surface area (Å²) in [6.45, 7) is -1.79. The molecule has 196 valence electrons. The molecule has 0 heterocycles. The van der Waals surface area contributed by atoms with E-state index in [9.17, 15) is 40.3 Å². The number of rotatable bonds is 7. The molecule has 0 aromatic heterocycles. The van der Waals surface area contributed by atoms with Gasteiger partial charge in [0.1, 0.15) is 6.54 Å². The minimum Gasteiger partial charge on any atom is -0.343 e. The standard InChI is InChI=1S/C21H13BrCl3F7N2O2/c22-13-5-9(1-3-11(13)18(35)34-17(26)19(36)33-8-20(27,28)29)2-4-12(21(30,31)32)10-6-14(23)16(25)15(24)7-10/h1-7,12,17H,8H2,(H,33,36)(H,34,35)/b4-2+. The minimum absolute atomic E-state index is 0.00573. The molecule has 0 fully saturated rings. The van der Waals surface area contributed by atoms with Crippen LogP contribution in [0.25, 0.3) is 6.08 Å². The maximum atomic E-state index is 13.8. The molecule has 0 aliphatic rings. The van der Waals surface area contributed by atoms with Crippen LogP contribution in [-0.4, -0.2) is 37.0 Å². The van der Waals surface area contributed by atoms with Crippen LogP contribution in [0, 0.1) is 0 Å². The van der Waals surface area contributed by atoms with Crippen molar-refractivity contribution >= 4 is 68.6 Å². The van der Waals surface area contributed by atoms with Crippen LogP contribution in [0.1, 0.15) is 27.4 Å². The fourth-order valence-corrected chi connectivity index (χ4v) is 3.92. The van der Waals surface area contributed by atoms with E-state index in [2.05, 4.69) is 15.9 Å². The Morgan fingerprint density at radius 3 is 2.08 bits per heavy atom. The molecular formula is C21H13BrCl3F7N2O2. The Morgan fingerprint density at radius 1 is 1.00 bits per heavy atom. The zero-order valence-electron chi connectivity index (χ0n) is 17.4. The smallest absolute Gasteiger partial charge is 0.343 e. The van der Waals surface area contributed by atoms with Gasteiger partial charge in [-0.25, -0.2) is 4.39 Å². The third kappa shape index (κ3) is 8.53. The van der Waals surface area contributed by atoms with Gasteiger partial charge in [-0.15, -0.1) is 0 Å². The lowest BCUT2D eigenvalue weighted by Crippen LogP contribution is -2.46. The summed E-state index contributed by atoms with van der Waals surface area (Å²) >= 11 is 20.5. The summed E-state index contributed by atoms with van der Waals surface area (Å²) in [5.41, 5.74) is -0.313. The average molecular weight is 645 g/mol. The number of nitrogens with one attached hydrogen (secondary N) is 2. The van der Waals surface area contributed by atoms with E-state index in [-0.39, 0.29) is 36.2 Å². The van der Waals surface area contributed by atoms with Crippen LogP contribution in [0.5, 0.6) is 0 Å². The molecule has 0 saturated heterocycles. The van der Waals surface area contributed by atoms with Gasteiger partial charge in [0.15, 0.2) is 0 Å². The molecule has 36 heavy (non-hydrogen) atoms. The molecule has 15 heteroatoms. The van der Waals surface area contributed by atoms with Gasteiger partial charge in [-0.3, -0.25) is 9.59 Å². The molecule has 0 bridgehead atoms. The summed E-state index contributed by atoms with van der Waals surface area (Å²) in [4.78, 5) is 23.5. The average Bonchev–Trinajstić information content (AvgIpc) is 2.74. The van der Waals surface area contributed by atoms with Gasteiger partial charge < -0.3 is 10.6 Å². The summed E-state index contributed by atoms with van der Waals surface area (Å²) in [5, 5.41) is 2.42. The summed E-state index contributed by atoms with van der Waals surface area (Å²) < 4.78 is 91.1. The Balaban J connectivity index is 2.19. The van der Waals surface area contributed by atoms with Crippen molar-refractivity contribution in [2.45, 2.75) is 24.6 Å². The number of hydrogen-bond acceptors (Lipinski definition) is 2. The zero-order valence-corrected chi connectivity index (χ0v) is 21.2. The van der Waals surface area contributed by atoms with Crippen molar-refractivity contribution in [3.63, 3.8) is 0 Å². The van der Waals surface area contributed by atoms with Crippen LogP contribution >= 0.6 is 50.7 Å². The number of alkyl halides is 7. The van der Waals surface area contributed by atoms with Gasteiger partial charge in [0.05, 0.1) is 26.5 Å². The van der Waals surface area contributed by atoms with Crippen LogP contribution in [0.15, 0.2) is 40.9 Å². The van der Waals surface area contributed by atoms with Gasteiger partial charge in [0, 0.05) is 4.47 Å². The Bertz CT molecular complexity index is 1150. The van der Waals surface area contributed by atoms with Gasteiger partial charge >= 0.3 is 12.4 Å². The lowest BCUT2D eigenvalue weighted by Gasteiger charge is -2.18. The van der Waals surface area contributed by atoms with Crippen molar-refractivity contribution in [2.75, 3.05) is 6.54 Å². The number of allylic oxidation sites excluding steroid dienone is 1. The lowest BCUT2D eigenvalue weighted by molar-refractivity contribution is -0.141. The number of carbonyl (C=O) groups is 2. The first-order valence-electron chi connectivity index (χ1n) is 9.48. The van der Waals surface area contributed by atoms with Crippen LogP contribution in [-0.2, 0) is 4.79 Å². The number of hydrogen-bond donors (Lipinski definition) is 2. The van der Waals surface area contributed by atoms with Gasteiger partial charge in [-0.1, -0.05) is 53.0 Å². The van der Waals surface area contributed by atoms with E-state index in [0.29, 0.717) is 0 Å². The molecule has 2 unspecified atom stereocenters. The number of amides is 2. The van der Waals surface area contributed by atoms with Crippen molar-refractivity contribution < 1.29 is 40.3 Å². The quantitative estimate of drug-likeness (QED) is 0.187. The highest BCUT2D eigenvalue weighted by Gasteiger charge is 2.39. The monoisotopic (exact) mass is 642 g/mol. The highest BCUT2D eigenvalue weighted by atomic mass is 79.9. The molecule has 0 spiro atoms. The van der Waals surface area contributed by atoms with Gasteiger partial charge in [0.25, 0.3) is 18.1 Å². The van der Waals surface area contributed by atoms with E-state index in [1.54, 1.807) is 5.32 Å². The fourth-order valence-electron chi connectivity index (χ4n) is 2.73. The second kappa shape index (κ2) is 12.0. The van der Waals surface area contributed by atoms with Gasteiger partial charge in [-0.2, -0.15) is 26.3 Å². The molecule has 0 saturated carbocycles. The van der Waals surface area contributed by atoms with E-state index in [1.165, 1.54) is 17.4 Å². The van der Waals surface area contributed by atoms with Gasteiger partial charge in [-0.05, 0) is 51.3 Å². The van der Waals surface area contributed by atoms with Crippen LogP contribution in [0.2, 0.25) is 15.1 Å². The normalized spacial score (nSPS) is 14.0. The third-order valence-corrected chi connectivity index (χ3v) is 6.24. The van der Waals surface area contributed by atoms with E-state index in [0.717, 1.165) is 30.4 Å². The second-order valence-corrected chi connectivity index (χ2v) is 9.13. The molecule has 0 aliphatic carbocycles. The largest absolute Gasteiger partial charge is 0.405 e. The number of halogens is 11. The number of benzene rings is 2. The summed E-state index contributed by atoms with van der Waals surface area (Å²) in [7, 11) is 0. The molecule has 2 amide bonds. The zero-order chi connectivity index (χ0) is 27.4. The van der Waals surface area contributed by atoms with E-state index < -0.39 is 42.9 Å². The summed E-state index contributed by atoms with van der Waals surface area (Å²) in [6.07, 6.45) is -10.4. The predicted octanol–water partition coefficient (Wildman–Crippen LogP) is 7.47. The molecule has 2 atom stereocenters. The lowest BCUT2D eigenvalue weighted by atomic mass is 9.97. The predicted molar refractivity (Wildman–Crippen MR) is 125 cm³/mol. The van der Waals surface area contributed by atoms with Gasteiger partial charge in [0.2, 0.25) is 0 Å². The van der Waals surface area contributed by atoms with E-state index in [1.807, 2.05) is 0 Å². The molecule has 4 nitrogen and oxygen atoms in total. The Hall–Kier alpha value is -2.02. The van der Waals surface area contributed by atoms with Crippen molar-refractivity contribution in [3.8, 4) is 0 Å². The van der Waals surface area contributed by atoms with Crippen LogP contribution < -0.4 is 10.6 Å². The Kier molecular flexibility index (Phi) is 10.1. The first-order valence-corrected chi connectivity index (χ1v) is 11.4. The first kappa shape index (κ1) is 30.2. The van der Waals surface area contributed by atoms with Crippen molar-refractivity contribution in [1.82, 2.24) is 10.6 Å². The third-order valence-electron chi connectivity index (χ3n) is 4.39. The highest BCUT2D eigenvalue weighted by molar-refractivity contribution is 9.10. The first-order chi connectivity index (χ1) is 16.5. The summed E-state index contributed by atoms with van der Waals surface area (Å²) in [6, 6.07) is 5.62. The fraction of sp³-hybridized carbons (Fsp3) is 0.238. The van der Waals surface area contributed by atoms with E-state index >= 15 is 0 Å². The van der Waals surface area contributed by atoms with E-state index in [4.69, 9.17) is 34.8 Å². The molecular weight excluding hydrogens is 631 g/mol. The Labute approximate surface area is 222 Å². The molecule has 2 aromatic carbocycles. The molecule has 0 aliphatic heterocycles.